The SMILES string of the molecule is C=C(CN(C)C)C(=O)c1ccc([N+](=O)[O-])cc1.Cl. The maximum atomic E-state index is 11.9. The molecule has 18 heavy (non-hydrogen) atoms. The van der Waals surface area contributed by atoms with Crippen LogP contribution in [0.3, 0.4) is 0 Å². The first-order chi connectivity index (χ1) is 7.91. The zero-order valence-corrected chi connectivity index (χ0v) is 11.1. The molecule has 0 aromatic heterocycles. The molecule has 0 heterocycles. The number of ketones is 1. The minimum atomic E-state index is -0.497. The molecule has 0 amide bonds. The summed E-state index contributed by atoms with van der Waals surface area (Å²) in [6.07, 6.45) is 0. The van der Waals surface area contributed by atoms with E-state index in [1.54, 1.807) is 0 Å². The molecule has 0 unspecified atom stereocenters. The Balaban J connectivity index is 0.00000289. The summed E-state index contributed by atoms with van der Waals surface area (Å²) in [6.45, 7) is 4.17. The Morgan fingerprint density at radius 1 is 1.33 bits per heavy atom. The molecule has 0 fully saturated rings. The molecule has 1 rings (SSSR count). The molecule has 0 atom stereocenters. The van der Waals surface area contributed by atoms with E-state index in [0.29, 0.717) is 17.7 Å². The summed E-state index contributed by atoms with van der Waals surface area (Å²) < 4.78 is 0. The largest absolute Gasteiger partial charge is 0.305 e. The van der Waals surface area contributed by atoms with Crippen molar-refractivity contribution >= 4 is 23.9 Å². The number of Topliss-reactive ketones (excluding diaryl/α,β-unsaturated/α-hetero) is 1. The Bertz CT molecular complexity index is 455. The van der Waals surface area contributed by atoms with Crippen molar-refractivity contribution in [3.05, 3.63) is 52.1 Å². The van der Waals surface area contributed by atoms with Crippen LogP contribution in [0.1, 0.15) is 10.4 Å². The summed E-state index contributed by atoms with van der Waals surface area (Å²) in [6, 6.07) is 5.52. The first kappa shape index (κ1) is 16.3. The molecule has 0 spiro atoms. The maximum absolute atomic E-state index is 11.9. The van der Waals surface area contributed by atoms with Crippen molar-refractivity contribution in [2.24, 2.45) is 0 Å². The van der Waals surface area contributed by atoms with Gasteiger partial charge in [-0.2, -0.15) is 0 Å². The molecule has 1 aromatic carbocycles. The molecule has 0 aliphatic carbocycles. The van der Waals surface area contributed by atoms with E-state index >= 15 is 0 Å². The van der Waals surface area contributed by atoms with Crippen LogP contribution in [0.2, 0.25) is 0 Å². The van der Waals surface area contributed by atoms with Crippen LogP contribution in [0.4, 0.5) is 5.69 Å². The normalized spacial score (nSPS) is 9.72. The molecular formula is C12H15ClN2O3. The number of rotatable bonds is 5. The Labute approximate surface area is 112 Å². The zero-order valence-electron chi connectivity index (χ0n) is 10.3. The Morgan fingerprint density at radius 3 is 2.22 bits per heavy atom. The third kappa shape index (κ3) is 4.27. The van der Waals surface area contributed by atoms with Gasteiger partial charge in [-0.05, 0) is 26.2 Å². The summed E-state index contributed by atoms with van der Waals surface area (Å²) in [5.74, 6) is -0.186. The molecule has 0 saturated carbocycles. The Hall–Kier alpha value is -1.72. The first-order valence-corrected chi connectivity index (χ1v) is 5.03. The van der Waals surface area contributed by atoms with Gasteiger partial charge in [-0.15, -0.1) is 12.4 Å². The van der Waals surface area contributed by atoms with Crippen molar-refractivity contribution in [3.8, 4) is 0 Å². The van der Waals surface area contributed by atoms with E-state index in [2.05, 4.69) is 6.58 Å². The minimum absolute atomic E-state index is 0. The van der Waals surface area contributed by atoms with Crippen LogP contribution in [0.15, 0.2) is 36.4 Å². The van der Waals surface area contributed by atoms with Crippen LogP contribution in [0, 0.1) is 10.1 Å². The molecule has 0 saturated heterocycles. The number of carbonyl (C=O) groups excluding carboxylic acids is 1. The van der Waals surface area contributed by atoms with Gasteiger partial charge in [0.25, 0.3) is 5.69 Å². The molecular weight excluding hydrogens is 256 g/mol. The van der Waals surface area contributed by atoms with Crippen LogP contribution in [0.5, 0.6) is 0 Å². The highest BCUT2D eigenvalue weighted by atomic mass is 35.5. The molecule has 0 aliphatic heterocycles. The predicted molar refractivity (Wildman–Crippen MR) is 72.4 cm³/mol. The topological polar surface area (TPSA) is 63.5 Å². The second-order valence-electron chi connectivity index (χ2n) is 3.97. The summed E-state index contributed by atoms with van der Waals surface area (Å²) in [5, 5.41) is 10.5. The van der Waals surface area contributed by atoms with Crippen molar-refractivity contribution in [1.82, 2.24) is 4.90 Å². The second-order valence-corrected chi connectivity index (χ2v) is 3.97. The maximum Gasteiger partial charge on any atom is 0.269 e. The van der Waals surface area contributed by atoms with Gasteiger partial charge in [0.05, 0.1) is 4.92 Å². The number of hydrogen-bond acceptors (Lipinski definition) is 4. The number of halogens is 1. The van der Waals surface area contributed by atoms with Gasteiger partial charge in [0.15, 0.2) is 5.78 Å². The van der Waals surface area contributed by atoms with E-state index < -0.39 is 4.92 Å². The van der Waals surface area contributed by atoms with Gasteiger partial charge >= 0.3 is 0 Å². The van der Waals surface area contributed by atoms with Crippen LogP contribution >= 0.6 is 12.4 Å². The number of hydrogen-bond donors (Lipinski definition) is 0. The fraction of sp³-hybridized carbons (Fsp3) is 0.250. The molecule has 0 N–H and O–H groups in total. The van der Waals surface area contributed by atoms with Crippen LogP contribution < -0.4 is 0 Å². The third-order valence-electron chi connectivity index (χ3n) is 2.17. The number of carbonyl (C=O) groups is 1. The average Bonchev–Trinajstić information content (AvgIpc) is 2.27. The van der Waals surface area contributed by atoms with E-state index in [9.17, 15) is 14.9 Å². The number of non-ortho nitro benzene ring substituents is 1. The van der Waals surface area contributed by atoms with E-state index in [-0.39, 0.29) is 23.9 Å². The van der Waals surface area contributed by atoms with Crippen molar-refractivity contribution in [2.75, 3.05) is 20.6 Å². The number of nitro groups is 1. The summed E-state index contributed by atoms with van der Waals surface area (Å²) >= 11 is 0. The van der Waals surface area contributed by atoms with E-state index in [1.165, 1.54) is 24.3 Å². The summed E-state index contributed by atoms with van der Waals surface area (Å²) in [4.78, 5) is 23.7. The molecule has 98 valence electrons. The highest BCUT2D eigenvalue weighted by Crippen LogP contribution is 2.14. The van der Waals surface area contributed by atoms with Crippen LogP contribution in [0.25, 0.3) is 0 Å². The van der Waals surface area contributed by atoms with Gasteiger partial charge in [-0.25, -0.2) is 0 Å². The second kappa shape index (κ2) is 6.88. The lowest BCUT2D eigenvalue weighted by Crippen LogP contribution is -2.19. The third-order valence-corrected chi connectivity index (χ3v) is 2.17. The van der Waals surface area contributed by atoms with Gasteiger partial charge < -0.3 is 4.90 Å². The quantitative estimate of drug-likeness (QED) is 0.356. The molecule has 0 aliphatic rings. The van der Waals surface area contributed by atoms with E-state index in [4.69, 9.17) is 0 Å². The van der Waals surface area contributed by atoms with Gasteiger partial charge in [-0.1, -0.05) is 6.58 Å². The molecule has 0 bridgehead atoms. The van der Waals surface area contributed by atoms with Crippen molar-refractivity contribution in [3.63, 3.8) is 0 Å². The number of nitrogens with zero attached hydrogens (tertiary/aromatic N) is 2. The summed E-state index contributed by atoms with van der Waals surface area (Å²) in [7, 11) is 3.68. The highest BCUT2D eigenvalue weighted by molar-refractivity contribution is 6.08. The van der Waals surface area contributed by atoms with Crippen molar-refractivity contribution < 1.29 is 9.72 Å². The molecule has 0 radical (unpaired) electrons. The van der Waals surface area contributed by atoms with E-state index in [1.807, 2.05) is 19.0 Å². The average molecular weight is 271 g/mol. The Morgan fingerprint density at radius 2 is 1.83 bits per heavy atom. The standard InChI is InChI=1S/C12H14N2O3.ClH/c1-9(8-13(2)3)12(15)10-4-6-11(7-5-10)14(16)17;/h4-7H,1,8H2,2-3H3;1H. The lowest BCUT2D eigenvalue weighted by atomic mass is 10.0. The fourth-order valence-corrected chi connectivity index (χ4v) is 1.39. The lowest BCUT2D eigenvalue weighted by molar-refractivity contribution is -0.384. The van der Waals surface area contributed by atoms with Gasteiger partial charge in [0.1, 0.15) is 0 Å². The lowest BCUT2D eigenvalue weighted by Gasteiger charge is -2.10. The summed E-state index contributed by atoms with van der Waals surface area (Å²) in [5.41, 5.74) is 0.853. The highest BCUT2D eigenvalue weighted by Gasteiger charge is 2.12. The molecule has 6 heteroatoms. The zero-order chi connectivity index (χ0) is 13.0. The fourth-order valence-electron chi connectivity index (χ4n) is 1.39. The molecule has 5 nitrogen and oxygen atoms in total. The first-order valence-electron chi connectivity index (χ1n) is 5.03. The van der Waals surface area contributed by atoms with Crippen molar-refractivity contribution in [1.29, 1.82) is 0 Å². The molecule has 1 aromatic rings. The van der Waals surface area contributed by atoms with E-state index in [0.717, 1.165) is 0 Å². The predicted octanol–water partition coefficient (Wildman–Crippen LogP) is 2.32. The number of benzene rings is 1. The van der Waals surface area contributed by atoms with Crippen molar-refractivity contribution in [2.45, 2.75) is 0 Å². The smallest absolute Gasteiger partial charge is 0.269 e. The van der Waals surface area contributed by atoms with Gasteiger partial charge in [-0.3, -0.25) is 14.9 Å². The van der Waals surface area contributed by atoms with Crippen LogP contribution in [-0.2, 0) is 0 Å². The van der Waals surface area contributed by atoms with Crippen LogP contribution in [-0.4, -0.2) is 36.2 Å². The Kier molecular flexibility index (Phi) is 6.22. The van der Waals surface area contributed by atoms with Gasteiger partial charge in [0, 0.05) is 29.8 Å². The van der Waals surface area contributed by atoms with Gasteiger partial charge in [0.2, 0.25) is 0 Å². The number of likely N-dealkylation sites (N-methyl/N-ethyl adjacent to an activating group) is 1. The monoisotopic (exact) mass is 270 g/mol. The minimum Gasteiger partial charge on any atom is -0.305 e. The number of nitro benzene ring substituents is 1.